The van der Waals surface area contributed by atoms with Gasteiger partial charge in [0.1, 0.15) is 17.1 Å². The molecule has 0 spiro atoms. The fourth-order valence-electron chi connectivity index (χ4n) is 2.94. The Bertz CT molecular complexity index is 1200. The van der Waals surface area contributed by atoms with Crippen molar-refractivity contribution in [3.63, 3.8) is 0 Å². The summed E-state index contributed by atoms with van der Waals surface area (Å²) in [4.78, 5) is 17.6. The van der Waals surface area contributed by atoms with E-state index in [0.29, 0.717) is 12.3 Å². The van der Waals surface area contributed by atoms with Gasteiger partial charge in [0, 0.05) is 13.6 Å². The van der Waals surface area contributed by atoms with E-state index in [4.69, 9.17) is 16.3 Å². The SMILES string of the molecule is COc1ccc(S(=O)(=O)Nc2cnc(N(C)Cc3ccccc3)c(C(=O)O)c2)cc1Cl. The van der Waals surface area contributed by atoms with Gasteiger partial charge in [0.05, 0.1) is 28.9 Å². The molecule has 1 heterocycles. The Balaban J connectivity index is 1.88. The number of carboxylic acids is 1. The number of anilines is 2. The Kier molecular flexibility index (Phi) is 6.67. The van der Waals surface area contributed by atoms with Crippen LogP contribution >= 0.6 is 11.6 Å². The lowest BCUT2D eigenvalue weighted by molar-refractivity contribution is 0.0697. The lowest BCUT2D eigenvalue weighted by Gasteiger charge is -2.21. The molecule has 2 aromatic carbocycles. The van der Waals surface area contributed by atoms with Gasteiger partial charge in [-0.3, -0.25) is 4.72 Å². The maximum absolute atomic E-state index is 12.7. The predicted molar refractivity (Wildman–Crippen MR) is 119 cm³/mol. The first-order valence-electron chi connectivity index (χ1n) is 9.06. The second-order valence-corrected chi connectivity index (χ2v) is 8.73. The van der Waals surface area contributed by atoms with E-state index < -0.39 is 16.0 Å². The molecule has 3 rings (SSSR count). The first kappa shape index (κ1) is 22.4. The largest absolute Gasteiger partial charge is 0.495 e. The van der Waals surface area contributed by atoms with Crippen molar-refractivity contribution in [2.24, 2.45) is 0 Å². The number of aromatic carboxylic acids is 1. The van der Waals surface area contributed by atoms with Crippen molar-refractivity contribution in [3.8, 4) is 5.75 Å². The van der Waals surface area contributed by atoms with Crippen molar-refractivity contribution in [1.82, 2.24) is 4.98 Å². The summed E-state index contributed by atoms with van der Waals surface area (Å²) in [5.41, 5.74) is 0.858. The number of carboxylic acid groups (broad SMARTS) is 1. The highest BCUT2D eigenvalue weighted by atomic mass is 35.5. The van der Waals surface area contributed by atoms with Gasteiger partial charge in [-0.05, 0) is 29.8 Å². The van der Waals surface area contributed by atoms with E-state index in [-0.39, 0.29) is 27.0 Å². The highest BCUT2D eigenvalue weighted by molar-refractivity contribution is 7.92. The zero-order valence-electron chi connectivity index (χ0n) is 16.7. The number of aromatic nitrogens is 1. The third-order valence-electron chi connectivity index (χ3n) is 4.41. The van der Waals surface area contributed by atoms with Gasteiger partial charge in [0.25, 0.3) is 10.0 Å². The van der Waals surface area contributed by atoms with Gasteiger partial charge in [-0.2, -0.15) is 0 Å². The number of carbonyl (C=O) groups is 1. The number of benzene rings is 2. The number of nitrogens with zero attached hydrogens (tertiary/aromatic N) is 2. The van der Waals surface area contributed by atoms with Crippen molar-refractivity contribution < 1.29 is 23.1 Å². The summed E-state index contributed by atoms with van der Waals surface area (Å²) in [7, 11) is -0.888. The van der Waals surface area contributed by atoms with Crippen molar-refractivity contribution in [3.05, 3.63) is 76.9 Å². The molecule has 3 aromatic rings. The van der Waals surface area contributed by atoms with Gasteiger partial charge in [-0.1, -0.05) is 41.9 Å². The minimum absolute atomic E-state index is 0.0150. The fourth-order valence-corrected chi connectivity index (χ4v) is 4.32. The van der Waals surface area contributed by atoms with Crippen molar-refractivity contribution in [2.45, 2.75) is 11.4 Å². The number of ether oxygens (including phenoxy) is 1. The number of hydrogen-bond acceptors (Lipinski definition) is 6. The van der Waals surface area contributed by atoms with Gasteiger partial charge >= 0.3 is 5.97 Å². The molecule has 0 atom stereocenters. The lowest BCUT2D eigenvalue weighted by atomic mass is 10.2. The van der Waals surface area contributed by atoms with Crippen molar-refractivity contribution in [2.75, 3.05) is 23.8 Å². The normalized spacial score (nSPS) is 11.1. The Labute approximate surface area is 185 Å². The second kappa shape index (κ2) is 9.23. The second-order valence-electron chi connectivity index (χ2n) is 6.64. The Hall–Kier alpha value is -3.30. The van der Waals surface area contributed by atoms with E-state index in [2.05, 4.69) is 9.71 Å². The van der Waals surface area contributed by atoms with Crippen LogP contribution in [0.25, 0.3) is 0 Å². The Morgan fingerprint density at radius 2 is 1.90 bits per heavy atom. The quantitative estimate of drug-likeness (QED) is 0.524. The standard InChI is InChI=1S/C21H20ClN3O5S/c1-25(13-14-6-4-3-5-7-14)20-17(21(26)27)10-15(12-23-20)24-31(28,29)16-8-9-19(30-2)18(22)11-16/h3-12,24H,13H2,1-2H3,(H,26,27). The van der Waals surface area contributed by atoms with Crippen LogP contribution in [-0.4, -0.2) is 38.6 Å². The monoisotopic (exact) mass is 461 g/mol. The molecule has 0 fully saturated rings. The highest BCUT2D eigenvalue weighted by Gasteiger charge is 2.20. The zero-order valence-corrected chi connectivity index (χ0v) is 18.3. The van der Waals surface area contributed by atoms with Crippen LogP contribution in [0.1, 0.15) is 15.9 Å². The van der Waals surface area contributed by atoms with Crippen LogP contribution in [0.2, 0.25) is 5.02 Å². The summed E-state index contributed by atoms with van der Waals surface area (Å²) in [6, 6.07) is 14.7. The smallest absolute Gasteiger partial charge is 0.339 e. The van der Waals surface area contributed by atoms with Crippen LogP contribution < -0.4 is 14.4 Å². The van der Waals surface area contributed by atoms with Crippen LogP contribution in [0.15, 0.2) is 65.7 Å². The maximum atomic E-state index is 12.7. The van der Waals surface area contributed by atoms with Gasteiger partial charge in [0.2, 0.25) is 0 Å². The van der Waals surface area contributed by atoms with E-state index in [1.807, 2.05) is 30.3 Å². The molecule has 8 nitrogen and oxygen atoms in total. The first-order valence-corrected chi connectivity index (χ1v) is 10.9. The summed E-state index contributed by atoms with van der Waals surface area (Å²) in [6.45, 7) is 0.434. The zero-order chi connectivity index (χ0) is 22.6. The van der Waals surface area contributed by atoms with Crippen LogP contribution in [0.5, 0.6) is 5.75 Å². The van der Waals surface area contributed by atoms with E-state index in [9.17, 15) is 18.3 Å². The molecule has 0 bridgehead atoms. The Morgan fingerprint density at radius 1 is 1.19 bits per heavy atom. The molecule has 162 valence electrons. The van der Waals surface area contributed by atoms with Crippen LogP contribution in [0.3, 0.4) is 0 Å². The molecular formula is C21H20ClN3O5S. The van der Waals surface area contributed by atoms with Crippen LogP contribution in [0, 0.1) is 0 Å². The third kappa shape index (κ3) is 5.25. The van der Waals surface area contributed by atoms with Gasteiger partial charge in [0.15, 0.2) is 0 Å². The molecule has 0 aliphatic rings. The number of rotatable bonds is 8. The van der Waals surface area contributed by atoms with E-state index in [1.165, 1.54) is 37.6 Å². The number of pyridine rings is 1. The number of nitrogens with one attached hydrogen (secondary N) is 1. The Morgan fingerprint density at radius 3 is 2.52 bits per heavy atom. The molecule has 0 aliphatic carbocycles. The number of sulfonamides is 1. The highest BCUT2D eigenvalue weighted by Crippen LogP contribution is 2.29. The van der Waals surface area contributed by atoms with Crippen molar-refractivity contribution in [1.29, 1.82) is 0 Å². The molecule has 0 radical (unpaired) electrons. The van der Waals surface area contributed by atoms with E-state index >= 15 is 0 Å². The maximum Gasteiger partial charge on any atom is 0.339 e. The lowest BCUT2D eigenvalue weighted by Crippen LogP contribution is -2.21. The first-order chi connectivity index (χ1) is 14.7. The minimum atomic E-state index is -4.02. The molecular weight excluding hydrogens is 442 g/mol. The molecule has 10 heteroatoms. The molecule has 0 aliphatic heterocycles. The molecule has 0 saturated carbocycles. The number of halogens is 1. The molecule has 1 aromatic heterocycles. The average Bonchev–Trinajstić information content (AvgIpc) is 2.74. The van der Waals surface area contributed by atoms with E-state index in [1.54, 1.807) is 11.9 Å². The van der Waals surface area contributed by atoms with Crippen LogP contribution in [0.4, 0.5) is 11.5 Å². The topological polar surface area (TPSA) is 109 Å². The summed E-state index contributed by atoms with van der Waals surface area (Å²) in [6.07, 6.45) is 1.27. The van der Waals surface area contributed by atoms with Gasteiger partial charge in [-0.25, -0.2) is 18.2 Å². The van der Waals surface area contributed by atoms with Gasteiger partial charge < -0.3 is 14.7 Å². The fraction of sp³-hybridized carbons (Fsp3) is 0.143. The van der Waals surface area contributed by atoms with Crippen molar-refractivity contribution >= 4 is 39.1 Å². The molecule has 0 saturated heterocycles. The summed E-state index contributed by atoms with van der Waals surface area (Å²) in [5, 5.41) is 9.77. The molecule has 0 unspecified atom stereocenters. The molecule has 31 heavy (non-hydrogen) atoms. The predicted octanol–water partition coefficient (Wildman–Crippen LogP) is 3.88. The molecule has 2 N–H and O–H groups in total. The third-order valence-corrected chi connectivity index (χ3v) is 6.08. The summed E-state index contributed by atoms with van der Waals surface area (Å²) in [5.74, 6) is -0.677. The summed E-state index contributed by atoms with van der Waals surface area (Å²) >= 11 is 6.01. The molecule has 0 amide bonds. The van der Waals surface area contributed by atoms with E-state index in [0.717, 1.165) is 5.56 Å². The van der Waals surface area contributed by atoms with Crippen LogP contribution in [-0.2, 0) is 16.6 Å². The summed E-state index contributed by atoms with van der Waals surface area (Å²) < 4.78 is 32.8. The number of methoxy groups -OCH3 is 1. The average molecular weight is 462 g/mol. The van der Waals surface area contributed by atoms with Gasteiger partial charge in [-0.15, -0.1) is 0 Å². The minimum Gasteiger partial charge on any atom is -0.495 e. The number of hydrogen-bond donors (Lipinski definition) is 2.